The number of benzene rings is 3. The van der Waals surface area contributed by atoms with Crippen LogP contribution in [0.15, 0.2) is 84.9 Å². The number of hydrogen-bond acceptors (Lipinski definition) is 2. The highest BCUT2D eigenvalue weighted by molar-refractivity contribution is 5.93. The Morgan fingerprint density at radius 2 is 1.52 bits per heavy atom. The molecule has 1 atom stereocenters. The Kier molecular flexibility index (Phi) is 5.98. The molecule has 1 amide bonds. The van der Waals surface area contributed by atoms with Gasteiger partial charge in [-0.2, -0.15) is 5.26 Å². The molecular formula is C23H22N3O+. The summed E-state index contributed by atoms with van der Waals surface area (Å²) in [6, 6.07) is 29.1. The molecule has 3 aromatic rings. The lowest BCUT2D eigenvalue weighted by Crippen LogP contribution is -2.92. The summed E-state index contributed by atoms with van der Waals surface area (Å²) in [5.41, 5.74) is 3.45. The first-order valence-electron chi connectivity index (χ1n) is 8.93. The zero-order chi connectivity index (χ0) is 19.1. The van der Waals surface area contributed by atoms with Crippen molar-refractivity contribution in [2.75, 3.05) is 5.32 Å². The number of hydrogen-bond donors (Lipinski definition) is 2. The number of amides is 1. The quantitative estimate of drug-likeness (QED) is 0.712. The van der Waals surface area contributed by atoms with Gasteiger partial charge in [0.1, 0.15) is 6.04 Å². The number of nitrogens with zero attached hydrogens (tertiary/aromatic N) is 1. The molecule has 0 bridgehead atoms. The number of carbonyl (C=O) groups excluding carboxylic acids is 1. The van der Waals surface area contributed by atoms with E-state index in [0.29, 0.717) is 11.3 Å². The Morgan fingerprint density at radius 3 is 2.07 bits per heavy atom. The van der Waals surface area contributed by atoms with Crippen LogP contribution in [-0.4, -0.2) is 11.9 Å². The SMILES string of the molecule is C[C@H]([NH2+]C(c1ccccc1)c1ccccc1)C(=O)Nc1cccc(C#N)c1. The van der Waals surface area contributed by atoms with Gasteiger partial charge in [0.2, 0.25) is 0 Å². The fraction of sp³-hybridized carbons (Fsp3) is 0.130. The molecule has 0 aliphatic rings. The maximum absolute atomic E-state index is 12.7. The number of nitriles is 1. The third-order valence-corrected chi connectivity index (χ3v) is 4.47. The Labute approximate surface area is 159 Å². The Hall–Kier alpha value is -3.42. The van der Waals surface area contributed by atoms with Crippen molar-refractivity contribution in [2.45, 2.75) is 19.0 Å². The summed E-state index contributed by atoms with van der Waals surface area (Å²) in [4.78, 5) is 12.7. The van der Waals surface area contributed by atoms with Crippen LogP contribution in [0.1, 0.15) is 29.7 Å². The van der Waals surface area contributed by atoms with Crippen molar-refractivity contribution in [3.8, 4) is 6.07 Å². The number of quaternary nitrogens is 1. The highest BCUT2D eigenvalue weighted by atomic mass is 16.2. The molecule has 0 aliphatic carbocycles. The molecule has 27 heavy (non-hydrogen) atoms. The molecule has 0 saturated heterocycles. The summed E-state index contributed by atoms with van der Waals surface area (Å²) in [6.45, 7) is 1.89. The smallest absolute Gasteiger partial charge is 0.282 e. The van der Waals surface area contributed by atoms with Crippen molar-refractivity contribution in [3.05, 3.63) is 102 Å². The summed E-state index contributed by atoms with van der Waals surface area (Å²) >= 11 is 0. The van der Waals surface area contributed by atoms with E-state index in [1.807, 2.05) is 43.3 Å². The van der Waals surface area contributed by atoms with Gasteiger partial charge in [-0.05, 0) is 25.1 Å². The number of anilines is 1. The van der Waals surface area contributed by atoms with Crippen LogP contribution < -0.4 is 10.6 Å². The van der Waals surface area contributed by atoms with Gasteiger partial charge in [-0.3, -0.25) is 4.79 Å². The second kappa shape index (κ2) is 8.79. The third kappa shape index (κ3) is 4.81. The van der Waals surface area contributed by atoms with E-state index in [1.54, 1.807) is 24.3 Å². The van der Waals surface area contributed by atoms with Gasteiger partial charge < -0.3 is 10.6 Å². The number of nitrogens with two attached hydrogens (primary N) is 1. The lowest BCUT2D eigenvalue weighted by Gasteiger charge is -2.20. The molecule has 3 rings (SSSR count). The van der Waals surface area contributed by atoms with Gasteiger partial charge in [0.15, 0.2) is 6.04 Å². The summed E-state index contributed by atoms with van der Waals surface area (Å²) in [5.74, 6) is -0.0954. The van der Waals surface area contributed by atoms with Crippen molar-refractivity contribution < 1.29 is 10.1 Å². The molecule has 3 N–H and O–H groups in total. The van der Waals surface area contributed by atoms with E-state index < -0.39 is 0 Å². The van der Waals surface area contributed by atoms with Gasteiger partial charge in [0.25, 0.3) is 5.91 Å². The summed E-state index contributed by atoms with van der Waals surface area (Å²) in [5, 5.41) is 14.0. The van der Waals surface area contributed by atoms with E-state index in [-0.39, 0.29) is 18.0 Å². The van der Waals surface area contributed by atoms with Gasteiger partial charge in [-0.15, -0.1) is 0 Å². The fourth-order valence-electron chi connectivity index (χ4n) is 3.03. The molecule has 0 heterocycles. The molecule has 4 nitrogen and oxygen atoms in total. The number of rotatable bonds is 6. The van der Waals surface area contributed by atoms with Crippen LogP contribution in [0.4, 0.5) is 5.69 Å². The van der Waals surface area contributed by atoms with Crippen molar-refractivity contribution in [2.24, 2.45) is 0 Å². The molecule has 4 heteroatoms. The van der Waals surface area contributed by atoms with Crippen LogP contribution >= 0.6 is 0 Å². The van der Waals surface area contributed by atoms with E-state index in [2.05, 4.69) is 41.0 Å². The van der Waals surface area contributed by atoms with Crippen molar-refractivity contribution in [3.63, 3.8) is 0 Å². The predicted molar refractivity (Wildman–Crippen MR) is 106 cm³/mol. The molecule has 0 saturated carbocycles. The maximum Gasteiger partial charge on any atom is 0.282 e. The first-order chi connectivity index (χ1) is 13.2. The van der Waals surface area contributed by atoms with Crippen LogP contribution in [-0.2, 0) is 4.79 Å². The first-order valence-corrected chi connectivity index (χ1v) is 8.93. The lowest BCUT2D eigenvalue weighted by atomic mass is 9.98. The van der Waals surface area contributed by atoms with Gasteiger partial charge in [0.05, 0.1) is 11.6 Å². The number of nitrogens with one attached hydrogen (secondary N) is 1. The van der Waals surface area contributed by atoms with Crippen LogP contribution in [0.5, 0.6) is 0 Å². The van der Waals surface area contributed by atoms with Crippen LogP contribution in [0.2, 0.25) is 0 Å². The Balaban J connectivity index is 1.77. The molecule has 0 radical (unpaired) electrons. The second-order valence-electron chi connectivity index (χ2n) is 6.46. The maximum atomic E-state index is 12.7. The van der Waals surface area contributed by atoms with E-state index in [9.17, 15) is 4.79 Å². The van der Waals surface area contributed by atoms with Gasteiger partial charge in [-0.25, -0.2) is 0 Å². The molecule has 0 spiro atoms. The molecular weight excluding hydrogens is 334 g/mol. The minimum atomic E-state index is -0.304. The standard InChI is InChI=1S/C23H21N3O/c1-17(23(27)26-21-14-8-9-18(15-21)16-24)25-22(19-10-4-2-5-11-19)20-12-6-3-7-13-20/h2-15,17,22,25H,1H3,(H,26,27)/p+1/t17-/m0/s1. The highest BCUT2D eigenvalue weighted by Crippen LogP contribution is 2.18. The van der Waals surface area contributed by atoms with Crippen molar-refractivity contribution in [1.29, 1.82) is 5.26 Å². The average Bonchev–Trinajstić information content (AvgIpc) is 2.73. The number of carbonyl (C=O) groups is 1. The van der Waals surface area contributed by atoms with E-state index >= 15 is 0 Å². The summed E-state index contributed by atoms with van der Waals surface area (Å²) in [6.07, 6.45) is 0. The summed E-state index contributed by atoms with van der Waals surface area (Å²) in [7, 11) is 0. The predicted octanol–water partition coefficient (Wildman–Crippen LogP) is 3.24. The molecule has 0 aromatic heterocycles. The first kappa shape index (κ1) is 18.4. The minimum absolute atomic E-state index is 0.0265. The molecule has 0 aliphatic heterocycles. The van der Waals surface area contributed by atoms with E-state index in [1.165, 1.54) is 0 Å². The third-order valence-electron chi connectivity index (χ3n) is 4.47. The van der Waals surface area contributed by atoms with Crippen molar-refractivity contribution in [1.82, 2.24) is 0 Å². The van der Waals surface area contributed by atoms with Gasteiger partial charge in [0, 0.05) is 16.8 Å². The normalized spacial score (nSPS) is 11.6. The molecule has 0 unspecified atom stereocenters. The molecule has 134 valence electrons. The van der Waals surface area contributed by atoms with Gasteiger partial charge >= 0.3 is 0 Å². The molecule has 3 aromatic carbocycles. The van der Waals surface area contributed by atoms with Gasteiger partial charge in [-0.1, -0.05) is 66.7 Å². The van der Waals surface area contributed by atoms with Crippen LogP contribution in [0.3, 0.4) is 0 Å². The minimum Gasteiger partial charge on any atom is -0.326 e. The largest absolute Gasteiger partial charge is 0.326 e. The monoisotopic (exact) mass is 356 g/mol. The zero-order valence-electron chi connectivity index (χ0n) is 15.2. The fourth-order valence-corrected chi connectivity index (χ4v) is 3.03. The topological polar surface area (TPSA) is 69.5 Å². The Bertz CT molecular complexity index is 893. The van der Waals surface area contributed by atoms with E-state index in [4.69, 9.17) is 5.26 Å². The zero-order valence-corrected chi connectivity index (χ0v) is 15.2. The lowest BCUT2D eigenvalue weighted by molar-refractivity contribution is -0.704. The van der Waals surface area contributed by atoms with Crippen LogP contribution in [0.25, 0.3) is 0 Å². The van der Waals surface area contributed by atoms with E-state index in [0.717, 1.165) is 11.1 Å². The average molecular weight is 356 g/mol. The molecule has 0 fully saturated rings. The summed E-state index contributed by atoms with van der Waals surface area (Å²) < 4.78 is 0. The van der Waals surface area contributed by atoms with Crippen molar-refractivity contribution >= 4 is 11.6 Å². The highest BCUT2D eigenvalue weighted by Gasteiger charge is 2.24. The Morgan fingerprint density at radius 1 is 0.926 bits per heavy atom. The van der Waals surface area contributed by atoms with Crippen LogP contribution in [0, 0.1) is 11.3 Å². The second-order valence-corrected chi connectivity index (χ2v) is 6.46.